The van der Waals surface area contributed by atoms with Gasteiger partial charge in [0.15, 0.2) is 5.69 Å². The van der Waals surface area contributed by atoms with Crippen molar-refractivity contribution in [1.82, 2.24) is 19.9 Å². The van der Waals surface area contributed by atoms with Crippen LogP contribution in [0.15, 0.2) is 22.7 Å². The van der Waals surface area contributed by atoms with Crippen LogP contribution in [0, 0.1) is 5.41 Å². The number of carbonyl (C=O) groups excluding carboxylic acids is 1. The maximum absolute atomic E-state index is 11.8. The van der Waals surface area contributed by atoms with Crippen LogP contribution < -0.4 is 16.2 Å². The van der Waals surface area contributed by atoms with Gasteiger partial charge < -0.3 is 20.7 Å². The van der Waals surface area contributed by atoms with Gasteiger partial charge in [-0.05, 0) is 42.9 Å². The largest absolute Gasteiger partial charge is 0.491 e. The number of aromatic nitrogens is 4. The van der Waals surface area contributed by atoms with Gasteiger partial charge >= 0.3 is 0 Å². The molecule has 1 aliphatic rings. The normalized spacial score (nSPS) is 15.1. The molecule has 2 aromatic heterocycles. The first-order valence-corrected chi connectivity index (χ1v) is 9.95. The second-order valence-corrected chi connectivity index (χ2v) is 8.37. The first kappa shape index (κ1) is 20.1. The molecule has 9 nitrogen and oxygen atoms in total. The number of carbonyl (C=O) groups is 1. The van der Waals surface area contributed by atoms with Crippen LogP contribution in [0.5, 0.6) is 5.75 Å². The first-order chi connectivity index (χ1) is 14.3. The van der Waals surface area contributed by atoms with Crippen molar-refractivity contribution in [2.75, 3.05) is 13.2 Å². The second kappa shape index (κ2) is 7.56. The second-order valence-electron chi connectivity index (χ2n) is 8.37. The van der Waals surface area contributed by atoms with E-state index in [1.165, 1.54) is 5.69 Å². The van der Waals surface area contributed by atoms with Crippen molar-refractivity contribution in [2.45, 2.75) is 33.1 Å². The Hall–Kier alpha value is -3.20. The van der Waals surface area contributed by atoms with Gasteiger partial charge in [0, 0.05) is 30.4 Å². The number of fused-ring (bicyclic) bond motifs is 1. The fraction of sp³-hybridized carbons (Fsp3) is 0.429. The number of rotatable bonds is 6. The summed E-state index contributed by atoms with van der Waals surface area (Å²) in [4.78, 5) is 16.4. The Morgan fingerprint density at radius 2 is 2.17 bits per heavy atom. The molecule has 4 rings (SSSR count). The van der Waals surface area contributed by atoms with Crippen molar-refractivity contribution < 1.29 is 14.1 Å². The number of ether oxygens (including phenoxy) is 1. The lowest BCUT2D eigenvalue weighted by Gasteiger charge is -2.29. The Kier molecular flexibility index (Phi) is 5.07. The molecular weight excluding hydrogens is 384 g/mol. The van der Waals surface area contributed by atoms with Crippen molar-refractivity contribution in [3.8, 4) is 28.7 Å². The van der Waals surface area contributed by atoms with E-state index in [4.69, 9.17) is 20.7 Å². The molecule has 9 heteroatoms. The van der Waals surface area contributed by atoms with E-state index in [0.717, 1.165) is 30.5 Å². The van der Waals surface area contributed by atoms with Gasteiger partial charge in [0.1, 0.15) is 12.4 Å². The fourth-order valence-corrected chi connectivity index (χ4v) is 3.86. The molecule has 2 heterocycles. The van der Waals surface area contributed by atoms with Gasteiger partial charge in [0.05, 0.1) is 5.56 Å². The highest BCUT2D eigenvalue weighted by atomic mass is 16.5. The molecule has 158 valence electrons. The number of nitrogens with zero attached hydrogens (tertiary/aromatic N) is 4. The topological polar surface area (TPSA) is 135 Å². The molecule has 0 saturated heterocycles. The van der Waals surface area contributed by atoms with E-state index in [0.29, 0.717) is 29.6 Å². The molecular formula is C21H26N6O3. The highest BCUT2D eigenvalue weighted by Gasteiger charge is 2.32. The minimum Gasteiger partial charge on any atom is -0.491 e. The highest BCUT2D eigenvalue weighted by Crippen LogP contribution is 2.38. The van der Waals surface area contributed by atoms with Gasteiger partial charge in [0.25, 0.3) is 11.8 Å². The molecule has 0 atom stereocenters. The summed E-state index contributed by atoms with van der Waals surface area (Å²) in [6, 6.07) is 5.01. The van der Waals surface area contributed by atoms with E-state index in [-0.39, 0.29) is 17.6 Å². The molecule has 0 spiro atoms. The summed E-state index contributed by atoms with van der Waals surface area (Å²) in [6.45, 7) is 5.16. The zero-order chi connectivity index (χ0) is 21.5. The van der Waals surface area contributed by atoms with Crippen molar-refractivity contribution in [3.05, 3.63) is 35.0 Å². The number of primary amides is 1. The highest BCUT2D eigenvalue weighted by molar-refractivity contribution is 5.96. The minimum absolute atomic E-state index is 0.241. The predicted molar refractivity (Wildman–Crippen MR) is 111 cm³/mol. The van der Waals surface area contributed by atoms with Gasteiger partial charge in [-0.1, -0.05) is 19.0 Å². The average molecular weight is 410 g/mol. The van der Waals surface area contributed by atoms with Crippen molar-refractivity contribution in [1.29, 1.82) is 0 Å². The first-order valence-electron chi connectivity index (χ1n) is 9.95. The van der Waals surface area contributed by atoms with Gasteiger partial charge in [-0.15, -0.1) is 0 Å². The minimum atomic E-state index is -0.603. The van der Waals surface area contributed by atoms with E-state index in [1.54, 1.807) is 18.2 Å². The molecule has 3 aromatic rings. The van der Waals surface area contributed by atoms with Crippen LogP contribution in [-0.4, -0.2) is 39.0 Å². The van der Waals surface area contributed by atoms with Gasteiger partial charge in [0.2, 0.25) is 5.82 Å². The number of benzene rings is 1. The summed E-state index contributed by atoms with van der Waals surface area (Å²) < 4.78 is 12.9. The third kappa shape index (κ3) is 3.68. The van der Waals surface area contributed by atoms with Crippen LogP contribution in [0.25, 0.3) is 23.0 Å². The molecule has 1 aliphatic carbocycles. The smallest absolute Gasteiger partial charge is 0.279 e. The number of aryl methyl sites for hydroxylation is 1. The molecule has 1 amide bonds. The quantitative estimate of drug-likeness (QED) is 0.635. The van der Waals surface area contributed by atoms with Crippen molar-refractivity contribution in [3.63, 3.8) is 0 Å². The van der Waals surface area contributed by atoms with Crippen molar-refractivity contribution in [2.24, 2.45) is 23.9 Å². The Labute approximate surface area is 174 Å². The summed E-state index contributed by atoms with van der Waals surface area (Å²) in [5, 5.41) is 8.74. The Morgan fingerprint density at radius 3 is 2.90 bits per heavy atom. The molecule has 0 unspecified atom stereocenters. The zero-order valence-corrected chi connectivity index (χ0v) is 17.4. The molecule has 0 bridgehead atoms. The fourth-order valence-electron chi connectivity index (χ4n) is 3.86. The number of hydrogen-bond donors (Lipinski definition) is 2. The van der Waals surface area contributed by atoms with E-state index in [1.807, 2.05) is 11.7 Å². The van der Waals surface area contributed by atoms with Crippen LogP contribution in [0.1, 0.15) is 41.9 Å². The summed E-state index contributed by atoms with van der Waals surface area (Å²) in [6.07, 6.45) is 2.95. The number of nitrogens with two attached hydrogens (primary N) is 2. The Balaban J connectivity index is 1.68. The molecule has 0 radical (unpaired) electrons. The summed E-state index contributed by atoms with van der Waals surface area (Å²) in [5.74, 6) is 0.495. The lowest BCUT2D eigenvalue weighted by atomic mass is 9.76. The number of amides is 1. The summed E-state index contributed by atoms with van der Waals surface area (Å²) in [7, 11) is 1.94. The van der Waals surface area contributed by atoms with Crippen LogP contribution in [0.4, 0.5) is 0 Å². The van der Waals surface area contributed by atoms with E-state index < -0.39 is 5.91 Å². The van der Waals surface area contributed by atoms with E-state index in [2.05, 4.69) is 29.1 Å². The molecule has 0 saturated carbocycles. The van der Waals surface area contributed by atoms with Gasteiger partial charge in [-0.25, -0.2) is 0 Å². The van der Waals surface area contributed by atoms with Gasteiger partial charge in [-0.3, -0.25) is 9.48 Å². The Morgan fingerprint density at radius 1 is 1.37 bits per heavy atom. The average Bonchev–Trinajstić information content (AvgIpc) is 3.30. The Bertz CT molecular complexity index is 1100. The molecule has 0 fully saturated rings. The molecule has 4 N–H and O–H groups in total. The van der Waals surface area contributed by atoms with E-state index in [9.17, 15) is 4.79 Å². The standard InChI is InChI=1S/C21H26N6O3/c1-21(2)7-6-13-15(11-21)27(3)25-17(13)20-24-19(26-30-20)12-4-5-16(29-9-8-22)14(10-12)18(23)28/h4-5,10H,6-9,11,22H2,1-3H3,(H2,23,28). The lowest BCUT2D eigenvalue weighted by molar-refractivity contribution is 0.0996. The SMILES string of the molecule is Cn1nc(-c2nc(-c3ccc(OCCN)c(C(N)=O)c3)no2)c2c1CC(C)(C)CC2. The zero-order valence-electron chi connectivity index (χ0n) is 17.4. The monoisotopic (exact) mass is 410 g/mol. The maximum atomic E-state index is 11.8. The van der Waals surface area contributed by atoms with Crippen LogP contribution in [0.3, 0.4) is 0 Å². The van der Waals surface area contributed by atoms with Gasteiger partial charge in [-0.2, -0.15) is 10.1 Å². The molecule has 0 aliphatic heterocycles. The summed E-state index contributed by atoms with van der Waals surface area (Å²) >= 11 is 0. The predicted octanol–water partition coefficient (Wildman–Crippen LogP) is 2.09. The molecule has 1 aromatic carbocycles. The summed E-state index contributed by atoms with van der Waals surface area (Å²) in [5.41, 5.74) is 15.1. The third-order valence-corrected chi connectivity index (χ3v) is 5.48. The molecule has 30 heavy (non-hydrogen) atoms. The van der Waals surface area contributed by atoms with Crippen LogP contribution in [0.2, 0.25) is 0 Å². The third-order valence-electron chi connectivity index (χ3n) is 5.48. The van der Waals surface area contributed by atoms with Crippen LogP contribution >= 0.6 is 0 Å². The lowest BCUT2D eigenvalue weighted by Crippen LogP contribution is -2.23. The van der Waals surface area contributed by atoms with Crippen LogP contribution in [-0.2, 0) is 19.9 Å². The number of hydrogen-bond acceptors (Lipinski definition) is 7. The van der Waals surface area contributed by atoms with Crippen molar-refractivity contribution >= 4 is 5.91 Å². The van der Waals surface area contributed by atoms with E-state index >= 15 is 0 Å². The maximum Gasteiger partial charge on any atom is 0.279 e.